The Bertz CT molecular complexity index is 130. The molecule has 0 saturated carbocycles. The van der Waals surface area contributed by atoms with Gasteiger partial charge in [0.1, 0.15) is 0 Å². The lowest BCUT2D eigenvalue weighted by molar-refractivity contribution is -0.525. The fourth-order valence-corrected chi connectivity index (χ4v) is 1.05. The molecule has 1 saturated heterocycles. The van der Waals surface area contributed by atoms with Gasteiger partial charge < -0.3 is 4.90 Å². The van der Waals surface area contributed by atoms with Crippen molar-refractivity contribution in [1.29, 1.82) is 0 Å². The summed E-state index contributed by atoms with van der Waals surface area (Å²) in [6.45, 7) is 2.70. The molecule has 1 aliphatic heterocycles. The van der Waals surface area contributed by atoms with Crippen molar-refractivity contribution < 1.29 is 4.92 Å². The molecule has 1 radical (unpaired) electrons. The van der Waals surface area contributed by atoms with Gasteiger partial charge in [-0.2, -0.15) is 0 Å². The largest absolute Gasteiger partial charge is 0.301 e. The summed E-state index contributed by atoms with van der Waals surface area (Å²) in [7, 11) is 1.94. The van der Waals surface area contributed by atoms with Gasteiger partial charge in [0.15, 0.2) is 0 Å². The molecule has 0 aromatic heterocycles. The Morgan fingerprint density at radius 2 is 2.50 bits per heavy atom. The molecule has 0 spiro atoms. The molecule has 1 heterocycles. The minimum absolute atomic E-state index is 0.191. The van der Waals surface area contributed by atoms with Crippen molar-refractivity contribution in [3.8, 4) is 0 Å². The molecule has 1 fully saturated rings. The van der Waals surface area contributed by atoms with E-state index in [1.54, 1.807) is 0 Å². The lowest BCUT2D eigenvalue weighted by Crippen LogP contribution is -2.33. The molecule has 0 aliphatic carbocycles. The lowest BCUT2D eigenvalue weighted by Gasteiger charge is -2.23. The summed E-state index contributed by atoms with van der Waals surface area (Å²) in [6, 6.07) is -0.337. The van der Waals surface area contributed by atoms with Crippen LogP contribution in [-0.4, -0.2) is 29.5 Å². The predicted octanol–water partition coefficient (Wildman–Crippen LogP) is 0.519. The first-order valence-corrected chi connectivity index (χ1v) is 3.37. The van der Waals surface area contributed by atoms with Crippen molar-refractivity contribution >= 4 is 0 Å². The first kappa shape index (κ1) is 7.47. The van der Waals surface area contributed by atoms with Crippen LogP contribution >= 0.6 is 0 Å². The van der Waals surface area contributed by atoms with E-state index in [2.05, 4.69) is 0 Å². The SMILES string of the molecule is CN1[CH]CC([N+](=O)[O-])CC1. The average Bonchev–Trinajstić information content (AvgIpc) is 1.88. The van der Waals surface area contributed by atoms with E-state index in [1.165, 1.54) is 0 Å². The zero-order valence-electron chi connectivity index (χ0n) is 5.99. The second-order valence-corrected chi connectivity index (χ2v) is 2.63. The number of piperidine rings is 1. The monoisotopic (exact) mass is 143 g/mol. The Kier molecular flexibility index (Phi) is 2.21. The summed E-state index contributed by atoms with van der Waals surface area (Å²) in [5, 5.41) is 10.2. The number of nitrogens with zero attached hydrogens (tertiary/aromatic N) is 2. The van der Waals surface area contributed by atoms with Crippen LogP contribution < -0.4 is 0 Å². The lowest BCUT2D eigenvalue weighted by atomic mass is 10.1. The van der Waals surface area contributed by atoms with Gasteiger partial charge in [-0.25, -0.2) is 0 Å². The zero-order valence-corrected chi connectivity index (χ0v) is 5.99. The third-order valence-corrected chi connectivity index (χ3v) is 1.80. The zero-order chi connectivity index (χ0) is 7.56. The van der Waals surface area contributed by atoms with E-state index < -0.39 is 0 Å². The van der Waals surface area contributed by atoms with Crippen molar-refractivity contribution in [2.24, 2.45) is 0 Å². The molecular formula is C6H11N2O2. The van der Waals surface area contributed by atoms with Gasteiger partial charge in [0.05, 0.1) is 0 Å². The van der Waals surface area contributed by atoms with Crippen molar-refractivity contribution in [3.63, 3.8) is 0 Å². The highest BCUT2D eigenvalue weighted by Gasteiger charge is 2.25. The van der Waals surface area contributed by atoms with Crippen molar-refractivity contribution in [1.82, 2.24) is 4.90 Å². The maximum Gasteiger partial charge on any atom is 0.215 e. The number of hydrogen-bond donors (Lipinski definition) is 0. The standard InChI is InChI=1S/C6H11N2O2/c1-7-4-2-6(3-5-7)8(9)10/h4,6H,2-3,5H2,1H3. The third kappa shape index (κ3) is 1.67. The Morgan fingerprint density at radius 1 is 1.80 bits per heavy atom. The Balaban J connectivity index is 2.33. The molecule has 1 atom stereocenters. The summed E-state index contributed by atoms with van der Waals surface area (Å²) >= 11 is 0. The summed E-state index contributed by atoms with van der Waals surface area (Å²) in [6.07, 6.45) is 1.27. The number of hydrogen-bond acceptors (Lipinski definition) is 3. The minimum atomic E-state index is -0.337. The molecule has 0 N–H and O–H groups in total. The van der Waals surface area contributed by atoms with Crippen LogP contribution in [0.3, 0.4) is 0 Å². The van der Waals surface area contributed by atoms with Gasteiger partial charge in [0.25, 0.3) is 0 Å². The van der Waals surface area contributed by atoms with Crippen LogP contribution in [0, 0.1) is 16.7 Å². The molecular weight excluding hydrogens is 132 g/mol. The molecule has 0 bridgehead atoms. The van der Waals surface area contributed by atoms with Gasteiger partial charge in [0.2, 0.25) is 6.04 Å². The van der Waals surface area contributed by atoms with E-state index in [0.29, 0.717) is 12.8 Å². The molecule has 57 valence electrons. The van der Waals surface area contributed by atoms with Crippen LogP contribution in [-0.2, 0) is 0 Å². The summed E-state index contributed by atoms with van der Waals surface area (Å²) < 4.78 is 0. The summed E-state index contributed by atoms with van der Waals surface area (Å²) in [4.78, 5) is 12.0. The highest BCUT2D eigenvalue weighted by molar-refractivity contribution is 4.77. The van der Waals surface area contributed by atoms with Crippen LogP contribution in [0.5, 0.6) is 0 Å². The van der Waals surface area contributed by atoms with Gasteiger partial charge in [-0.05, 0) is 7.05 Å². The van der Waals surface area contributed by atoms with Crippen LogP contribution in [0.25, 0.3) is 0 Å². The van der Waals surface area contributed by atoms with Gasteiger partial charge in [-0.1, -0.05) is 0 Å². The second kappa shape index (κ2) is 2.96. The molecule has 1 rings (SSSR count). The van der Waals surface area contributed by atoms with E-state index in [4.69, 9.17) is 0 Å². The molecule has 1 aliphatic rings. The van der Waals surface area contributed by atoms with E-state index in [-0.39, 0.29) is 11.0 Å². The van der Waals surface area contributed by atoms with Gasteiger partial charge in [-0.15, -0.1) is 0 Å². The second-order valence-electron chi connectivity index (χ2n) is 2.63. The summed E-state index contributed by atoms with van der Waals surface area (Å²) in [5.74, 6) is 0. The van der Waals surface area contributed by atoms with Crippen molar-refractivity contribution in [2.45, 2.75) is 18.9 Å². The maximum atomic E-state index is 10.2. The van der Waals surface area contributed by atoms with E-state index in [1.807, 2.05) is 18.5 Å². The molecule has 4 heteroatoms. The highest BCUT2D eigenvalue weighted by atomic mass is 16.6. The van der Waals surface area contributed by atoms with Crippen molar-refractivity contribution in [2.75, 3.05) is 13.6 Å². The van der Waals surface area contributed by atoms with Gasteiger partial charge in [-0.3, -0.25) is 10.1 Å². The topological polar surface area (TPSA) is 46.4 Å². The number of nitro groups is 1. The molecule has 10 heavy (non-hydrogen) atoms. The van der Waals surface area contributed by atoms with Gasteiger partial charge in [0, 0.05) is 30.9 Å². The van der Waals surface area contributed by atoms with Crippen LogP contribution in [0.1, 0.15) is 12.8 Å². The maximum absolute atomic E-state index is 10.2. The minimum Gasteiger partial charge on any atom is -0.301 e. The predicted molar refractivity (Wildman–Crippen MR) is 36.9 cm³/mol. The fraction of sp³-hybridized carbons (Fsp3) is 0.833. The Hall–Kier alpha value is -0.640. The van der Waals surface area contributed by atoms with Crippen LogP contribution in [0.2, 0.25) is 0 Å². The molecule has 0 amide bonds. The van der Waals surface area contributed by atoms with Crippen molar-refractivity contribution in [3.05, 3.63) is 16.7 Å². The molecule has 4 nitrogen and oxygen atoms in total. The van der Waals surface area contributed by atoms with Crippen LogP contribution in [0.4, 0.5) is 0 Å². The first-order valence-electron chi connectivity index (χ1n) is 3.37. The first-order chi connectivity index (χ1) is 4.70. The van der Waals surface area contributed by atoms with E-state index in [9.17, 15) is 10.1 Å². The van der Waals surface area contributed by atoms with Gasteiger partial charge >= 0.3 is 0 Å². The number of rotatable bonds is 1. The average molecular weight is 143 g/mol. The van der Waals surface area contributed by atoms with E-state index in [0.717, 1.165) is 6.54 Å². The highest BCUT2D eigenvalue weighted by Crippen LogP contribution is 2.13. The quantitative estimate of drug-likeness (QED) is 0.397. The summed E-state index contributed by atoms with van der Waals surface area (Å²) in [5.41, 5.74) is 0. The Labute approximate surface area is 60.0 Å². The normalized spacial score (nSPS) is 22.9. The number of likely N-dealkylation sites (tertiary alicyclic amines) is 1. The molecule has 1 unspecified atom stereocenters. The third-order valence-electron chi connectivity index (χ3n) is 1.80. The molecule has 0 aromatic carbocycles. The van der Waals surface area contributed by atoms with E-state index >= 15 is 0 Å². The fourth-order valence-electron chi connectivity index (χ4n) is 1.05. The smallest absolute Gasteiger partial charge is 0.215 e. The molecule has 0 aromatic rings. The van der Waals surface area contributed by atoms with Crippen LogP contribution in [0.15, 0.2) is 0 Å². The Morgan fingerprint density at radius 3 is 2.90 bits per heavy atom.